The lowest BCUT2D eigenvalue weighted by Gasteiger charge is -2.49. The van der Waals surface area contributed by atoms with Crippen molar-refractivity contribution in [2.45, 2.75) is 32.4 Å². The van der Waals surface area contributed by atoms with Gasteiger partial charge >= 0.3 is 0 Å². The number of hydrogen-bond acceptors (Lipinski definition) is 3. The van der Waals surface area contributed by atoms with Gasteiger partial charge in [-0.15, -0.1) is 0 Å². The average Bonchev–Trinajstić information content (AvgIpc) is 2.39. The average molecular weight is 242 g/mol. The summed E-state index contributed by atoms with van der Waals surface area (Å²) in [6.45, 7) is 4.32. The maximum atomic E-state index is 6.13. The van der Waals surface area contributed by atoms with Crippen LogP contribution >= 0.6 is 0 Å². The molecule has 0 aliphatic heterocycles. The maximum absolute atomic E-state index is 6.13. The fourth-order valence-electron chi connectivity index (χ4n) is 2.45. The number of ether oxygens (including phenoxy) is 1. The van der Waals surface area contributed by atoms with Crippen LogP contribution in [0.5, 0.6) is 5.75 Å². The van der Waals surface area contributed by atoms with Gasteiger partial charge in [0, 0.05) is 29.5 Å². The Balaban J connectivity index is 1.92. The molecule has 18 heavy (non-hydrogen) atoms. The Morgan fingerprint density at radius 2 is 2.11 bits per heavy atom. The molecule has 2 N–H and O–H groups in total. The number of nitrogens with zero attached hydrogens (tertiary/aromatic N) is 1. The summed E-state index contributed by atoms with van der Waals surface area (Å²) in [7, 11) is 0. The molecule has 94 valence electrons. The molecule has 0 amide bonds. The van der Waals surface area contributed by atoms with Crippen LogP contribution in [0.3, 0.4) is 0 Å². The van der Waals surface area contributed by atoms with Crippen molar-refractivity contribution < 1.29 is 4.74 Å². The van der Waals surface area contributed by atoms with Gasteiger partial charge < -0.3 is 10.5 Å². The van der Waals surface area contributed by atoms with Gasteiger partial charge in [0.25, 0.3) is 0 Å². The highest BCUT2D eigenvalue weighted by Gasteiger charge is 2.48. The molecule has 3 nitrogen and oxygen atoms in total. The number of hydrogen-bond donors (Lipinski definition) is 1. The first-order valence-electron chi connectivity index (χ1n) is 6.35. The second-order valence-electron chi connectivity index (χ2n) is 5.60. The first kappa shape index (κ1) is 11.5. The second-order valence-corrected chi connectivity index (χ2v) is 5.60. The van der Waals surface area contributed by atoms with Crippen molar-refractivity contribution in [2.24, 2.45) is 11.1 Å². The normalized spacial score (nSPS) is 25.7. The quantitative estimate of drug-likeness (QED) is 0.880. The van der Waals surface area contributed by atoms with Crippen LogP contribution in [0, 0.1) is 5.41 Å². The third kappa shape index (κ3) is 1.66. The molecular formula is C15H18N2O. The molecule has 2 atom stereocenters. The van der Waals surface area contributed by atoms with Gasteiger partial charge in [-0.25, -0.2) is 0 Å². The molecule has 2 aromatic rings. The van der Waals surface area contributed by atoms with E-state index in [1.807, 2.05) is 30.3 Å². The van der Waals surface area contributed by atoms with Crippen LogP contribution in [0.1, 0.15) is 20.3 Å². The van der Waals surface area contributed by atoms with Gasteiger partial charge in [-0.2, -0.15) is 0 Å². The molecule has 0 saturated heterocycles. The molecule has 1 saturated carbocycles. The largest absolute Gasteiger partial charge is 0.489 e. The number of benzene rings is 1. The minimum atomic E-state index is 0.0460. The second kappa shape index (κ2) is 3.95. The van der Waals surface area contributed by atoms with E-state index >= 15 is 0 Å². The Labute approximate surface area is 107 Å². The molecule has 1 aliphatic rings. The van der Waals surface area contributed by atoms with Crippen LogP contribution in [-0.2, 0) is 0 Å². The Bertz CT molecular complexity index is 574. The highest BCUT2D eigenvalue weighted by Crippen LogP contribution is 2.42. The predicted molar refractivity (Wildman–Crippen MR) is 72.5 cm³/mol. The van der Waals surface area contributed by atoms with Crippen molar-refractivity contribution in [1.82, 2.24) is 4.98 Å². The van der Waals surface area contributed by atoms with Crippen molar-refractivity contribution in [3.63, 3.8) is 0 Å². The lowest BCUT2D eigenvalue weighted by atomic mass is 9.65. The number of nitrogens with two attached hydrogens (primary N) is 1. The Morgan fingerprint density at radius 3 is 2.83 bits per heavy atom. The Kier molecular flexibility index (Phi) is 2.52. The van der Waals surface area contributed by atoms with E-state index in [0.717, 1.165) is 23.1 Å². The van der Waals surface area contributed by atoms with Crippen molar-refractivity contribution in [3.05, 3.63) is 36.5 Å². The summed E-state index contributed by atoms with van der Waals surface area (Å²) < 4.78 is 6.13. The summed E-state index contributed by atoms with van der Waals surface area (Å²) in [5.41, 5.74) is 7.04. The number of pyridine rings is 1. The third-order valence-electron chi connectivity index (χ3n) is 4.13. The molecule has 1 fully saturated rings. The lowest BCUT2D eigenvalue weighted by Crippen LogP contribution is -2.60. The van der Waals surface area contributed by atoms with Gasteiger partial charge in [-0.1, -0.05) is 19.9 Å². The SMILES string of the molecule is CC1(C)C(N)CC1Oc1cccc2ncccc12. The predicted octanol–water partition coefficient (Wildman–Crippen LogP) is 2.74. The van der Waals surface area contributed by atoms with Crippen LogP contribution in [-0.4, -0.2) is 17.1 Å². The minimum absolute atomic E-state index is 0.0460. The Hall–Kier alpha value is -1.61. The fraction of sp³-hybridized carbons (Fsp3) is 0.400. The van der Waals surface area contributed by atoms with Crippen LogP contribution < -0.4 is 10.5 Å². The van der Waals surface area contributed by atoms with E-state index < -0.39 is 0 Å². The molecule has 1 aromatic heterocycles. The van der Waals surface area contributed by atoms with E-state index in [1.165, 1.54) is 0 Å². The highest BCUT2D eigenvalue weighted by atomic mass is 16.5. The van der Waals surface area contributed by atoms with Gasteiger partial charge in [-0.3, -0.25) is 4.98 Å². The monoisotopic (exact) mass is 242 g/mol. The molecule has 1 aliphatic carbocycles. The summed E-state index contributed by atoms with van der Waals surface area (Å²) in [4.78, 5) is 4.34. The van der Waals surface area contributed by atoms with E-state index in [9.17, 15) is 0 Å². The van der Waals surface area contributed by atoms with Crippen LogP contribution in [0.4, 0.5) is 0 Å². The van der Waals surface area contributed by atoms with Gasteiger partial charge in [0.15, 0.2) is 0 Å². The van der Waals surface area contributed by atoms with Gasteiger partial charge in [0.2, 0.25) is 0 Å². The summed E-state index contributed by atoms with van der Waals surface area (Å²) in [6.07, 6.45) is 2.91. The Morgan fingerprint density at radius 1 is 1.28 bits per heavy atom. The number of aromatic nitrogens is 1. The van der Waals surface area contributed by atoms with Gasteiger partial charge in [0.05, 0.1) is 5.52 Å². The lowest BCUT2D eigenvalue weighted by molar-refractivity contribution is -0.0391. The van der Waals surface area contributed by atoms with E-state index in [1.54, 1.807) is 6.20 Å². The minimum Gasteiger partial charge on any atom is -0.489 e. The van der Waals surface area contributed by atoms with E-state index in [2.05, 4.69) is 18.8 Å². The summed E-state index contributed by atoms with van der Waals surface area (Å²) in [5.74, 6) is 0.908. The third-order valence-corrected chi connectivity index (χ3v) is 4.13. The maximum Gasteiger partial charge on any atom is 0.129 e. The van der Waals surface area contributed by atoms with Crippen molar-refractivity contribution >= 4 is 10.9 Å². The zero-order valence-corrected chi connectivity index (χ0v) is 10.8. The van der Waals surface area contributed by atoms with Crippen molar-refractivity contribution in [2.75, 3.05) is 0 Å². The topological polar surface area (TPSA) is 48.1 Å². The van der Waals surface area contributed by atoms with Crippen LogP contribution in [0.2, 0.25) is 0 Å². The zero-order chi connectivity index (χ0) is 12.8. The van der Waals surface area contributed by atoms with Crippen molar-refractivity contribution in [3.8, 4) is 5.75 Å². The molecule has 0 bridgehead atoms. The first-order valence-corrected chi connectivity index (χ1v) is 6.35. The number of fused-ring (bicyclic) bond motifs is 1. The fourth-order valence-corrected chi connectivity index (χ4v) is 2.45. The molecule has 0 radical (unpaired) electrons. The first-order chi connectivity index (χ1) is 8.59. The summed E-state index contributed by atoms with van der Waals surface area (Å²) in [6, 6.07) is 10.2. The molecular weight excluding hydrogens is 224 g/mol. The van der Waals surface area contributed by atoms with Gasteiger partial charge in [0.1, 0.15) is 11.9 Å². The van der Waals surface area contributed by atoms with Gasteiger partial charge in [-0.05, 0) is 24.3 Å². The molecule has 2 unspecified atom stereocenters. The molecule has 1 heterocycles. The van der Waals surface area contributed by atoms with E-state index in [4.69, 9.17) is 10.5 Å². The molecule has 3 rings (SSSR count). The molecule has 0 spiro atoms. The molecule has 1 aromatic carbocycles. The van der Waals surface area contributed by atoms with Crippen LogP contribution in [0.25, 0.3) is 10.9 Å². The van der Waals surface area contributed by atoms with E-state index in [-0.39, 0.29) is 17.6 Å². The highest BCUT2D eigenvalue weighted by molar-refractivity contribution is 5.84. The van der Waals surface area contributed by atoms with Crippen LogP contribution in [0.15, 0.2) is 36.5 Å². The summed E-state index contributed by atoms with van der Waals surface area (Å²) in [5, 5.41) is 1.07. The standard InChI is InChI=1S/C15H18N2O/c1-15(2)13(16)9-14(15)18-12-7-3-6-11-10(12)5-4-8-17-11/h3-8,13-14H,9,16H2,1-2H3. The molecule has 3 heteroatoms. The smallest absolute Gasteiger partial charge is 0.129 e. The zero-order valence-electron chi connectivity index (χ0n) is 10.8. The number of rotatable bonds is 2. The van der Waals surface area contributed by atoms with E-state index in [0.29, 0.717) is 0 Å². The van der Waals surface area contributed by atoms with Crippen molar-refractivity contribution in [1.29, 1.82) is 0 Å². The summed E-state index contributed by atoms with van der Waals surface area (Å²) >= 11 is 0.